The standard InChI is InChI=1S/C30H25F3N6O4/c1-16-9-27(43-24-6-3-2-5-19(24)31)35-14-23(16)39-30(34)18(13-36-39)29(41)21-10-17-11-25(42-15-26(32)33)22(12-20(17)37-21)38-8-4-7-28(38)40/h2-3,5-6,9-14,26,37H,4,7-8,15,34H2,1H3. The Bertz CT molecular complexity index is 1870. The van der Waals surface area contributed by atoms with Crippen LogP contribution in [-0.4, -0.2) is 51.0 Å². The third-order valence-corrected chi connectivity index (χ3v) is 7.06. The molecule has 220 valence electrons. The topological polar surface area (TPSA) is 128 Å². The number of ether oxygens (including phenoxy) is 2. The molecule has 2 aromatic carbocycles. The van der Waals surface area contributed by atoms with Crippen LogP contribution in [0.4, 0.5) is 24.7 Å². The quantitative estimate of drug-likeness (QED) is 0.215. The molecule has 4 heterocycles. The van der Waals surface area contributed by atoms with Gasteiger partial charge in [-0.2, -0.15) is 5.10 Å². The second-order valence-corrected chi connectivity index (χ2v) is 9.97. The van der Waals surface area contributed by atoms with Crippen LogP contribution in [0, 0.1) is 12.7 Å². The van der Waals surface area contributed by atoms with Crippen molar-refractivity contribution in [2.24, 2.45) is 0 Å². The van der Waals surface area contributed by atoms with Gasteiger partial charge >= 0.3 is 0 Å². The lowest BCUT2D eigenvalue weighted by Crippen LogP contribution is -2.24. The van der Waals surface area contributed by atoms with Gasteiger partial charge in [-0.1, -0.05) is 12.1 Å². The number of alkyl halides is 2. The lowest BCUT2D eigenvalue weighted by atomic mass is 10.1. The van der Waals surface area contributed by atoms with Crippen LogP contribution in [0.3, 0.4) is 0 Å². The predicted molar refractivity (Wildman–Crippen MR) is 152 cm³/mol. The molecule has 1 fully saturated rings. The molecule has 1 aliphatic rings. The molecule has 1 amide bonds. The summed E-state index contributed by atoms with van der Waals surface area (Å²) in [5.41, 5.74) is 8.65. The second kappa shape index (κ2) is 11.2. The number of para-hydroxylation sites is 1. The van der Waals surface area contributed by atoms with Gasteiger partial charge in [0.25, 0.3) is 6.43 Å². The van der Waals surface area contributed by atoms with Crippen molar-refractivity contribution < 1.29 is 32.2 Å². The van der Waals surface area contributed by atoms with E-state index in [-0.39, 0.29) is 40.4 Å². The van der Waals surface area contributed by atoms with E-state index in [9.17, 15) is 22.8 Å². The van der Waals surface area contributed by atoms with Crippen molar-refractivity contribution in [2.75, 3.05) is 23.8 Å². The van der Waals surface area contributed by atoms with Gasteiger partial charge in [0.15, 0.2) is 11.6 Å². The number of nitrogens with one attached hydrogen (secondary N) is 1. The molecular formula is C30H25F3N6O4. The van der Waals surface area contributed by atoms with Gasteiger partial charge in [-0.15, -0.1) is 0 Å². The number of carbonyl (C=O) groups is 2. The van der Waals surface area contributed by atoms with Crippen LogP contribution in [0.15, 0.2) is 60.9 Å². The lowest BCUT2D eigenvalue weighted by molar-refractivity contribution is -0.117. The Hall–Kier alpha value is -5.33. The number of aromatic amines is 1. The average molecular weight is 591 g/mol. The number of anilines is 2. The second-order valence-electron chi connectivity index (χ2n) is 9.97. The van der Waals surface area contributed by atoms with E-state index in [2.05, 4.69) is 15.1 Å². The SMILES string of the molecule is Cc1cc(Oc2ccccc2F)ncc1-n1ncc(C(=O)c2cc3cc(OCC(F)F)c(N4CCCC4=O)cc3[nH]2)c1N. The first-order valence-corrected chi connectivity index (χ1v) is 13.3. The lowest BCUT2D eigenvalue weighted by Gasteiger charge is -2.20. The summed E-state index contributed by atoms with van der Waals surface area (Å²) >= 11 is 0. The summed E-state index contributed by atoms with van der Waals surface area (Å²) in [5, 5.41) is 4.81. The Kier molecular flexibility index (Phi) is 7.22. The number of ketones is 1. The van der Waals surface area contributed by atoms with Crippen molar-refractivity contribution in [3.8, 4) is 23.1 Å². The van der Waals surface area contributed by atoms with E-state index in [4.69, 9.17) is 15.2 Å². The number of halogens is 3. The highest BCUT2D eigenvalue weighted by Gasteiger charge is 2.27. The molecule has 3 aromatic heterocycles. The van der Waals surface area contributed by atoms with Crippen LogP contribution < -0.4 is 20.1 Å². The number of H-pyrrole nitrogens is 1. The van der Waals surface area contributed by atoms with Gasteiger partial charge in [-0.3, -0.25) is 9.59 Å². The Labute approximate surface area is 242 Å². The summed E-state index contributed by atoms with van der Waals surface area (Å²) in [6.07, 6.45) is 1.07. The Morgan fingerprint density at radius 1 is 1.12 bits per heavy atom. The summed E-state index contributed by atoms with van der Waals surface area (Å²) in [6, 6.07) is 12.2. The monoisotopic (exact) mass is 590 g/mol. The van der Waals surface area contributed by atoms with Crippen LogP contribution in [0.2, 0.25) is 0 Å². The number of hydrogen-bond donors (Lipinski definition) is 2. The Morgan fingerprint density at radius 2 is 1.93 bits per heavy atom. The number of carbonyl (C=O) groups excluding carboxylic acids is 2. The third kappa shape index (κ3) is 5.36. The zero-order valence-corrected chi connectivity index (χ0v) is 22.8. The molecular weight excluding hydrogens is 565 g/mol. The van der Waals surface area contributed by atoms with Crippen molar-refractivity contribution >= 4 is 34.1 Å². The highest BCUT2D eigenvalue weighted by atomic mass is 19.3. The van der Waals surface area contributed by atoms with Crippen LogP contribution in [0.5, 0.6) is 17.4 Å². The van der Waals surface area contributed by atoms with Gasteiger partial charge in [0.2, 0.25) is 17.6 Å². The molecule has 3 N–H and O–H groups in total. The smallest absolute Gasteiger partial charge is 0.272 e. The Balaban J connectivity index is 1.29. The number of amides is 1. The zero-order chi connectivity index (χ0) is 30.2. The molecule has 0 saturated carbocycles. The summed E-state index contributed by atoms with van der Waals surface area (Å²) in [7, 11) is 0. The molecule has 0 radical (unpaired) electrons. The number of fused-ring (bicyclic) bond motifs is 1. The summed E-state index contributed by atoms with van der Waals surface area (Å²) in [5.74, 6) is -0.753. The number of nitrogens with zero attached hydrogens (tertiary/aromatic N) is 4. The first-order valence-electron chi connectivity index (χ1n) is 13.3. The maximum Gasteiger partial charge on any atom is 0.272 e. The zero-order valence-electron chi connectivity index (χ0n) is 22.8. The van der Waals surface area contributed by atoms with Crippen LogP contribution in [0.25, 0.3) is 16.6 Å². The van der Waals surface area contributed by atoms with Gasteiger partial charge in [0, 0.05) is 29.9 Å². The number of rotatable bonds is 9. The fraction of sp³-hybridized carbons (Fsp3) is 0.200. The fourth-order valence-corrected chi connectivity index (χ4v) is 4.96. The Morgan fingerprint density at radius 3 is 2.65 bits per heavy atom. The number of pyridine rings is 1. The summed E-state index contributed by atoms with van der Waals surface area (Å²) in [6.45, 7) is 1.36. The van der Waals surface area contributed by atoms with E-state index >= 15 is 0 Å². The number of aromatic nitrogens is 4. The van der Waals surface area contributed by atoms with E-state index in [0.29, 0.717) is 47.2 Å². The average Bonchev–Trinajstić information content (AvgIpc) is 3.70. The molecule has 1 aliphatic heterocycles. The highest BCUT2D eigenvalue weighted by molar-refractivity contribution is 6.13. The largest absolute Gasteiger partial charge is 0.485 e. The molecule has 13 heteroatoms. The number of nitrogens with two attached hydrogens (primary N) is 1. The van der Waals surface area contributed by atoms with Crippen molar-refractivity contribution in [2.45, 2.75) is 26.2 Å². The molecule has 1 saturated heterocycles. The van der Waals surface area contributed by atoms with Gasteiger partial charge in [-0.05, 0) is 49.2 Å². The van der Waals surface area contributed by atoms with Crippen LogP contribution in [-0.2, 0) is 4.79 Å². The maximum atomic E-state index is 14.0. The first kappa shape index (κ1) is 27.8. The van der Waals surface area contributed by atoms with E-state index in [1.165, 1.54) is 40.2 Å². The molecule has 0 spiro atoms. The minimum atomic E-state index is -2.70. The minimum Gasteiger partial charge on any atom is -0.485 e. The molecule has 10 nitrogen and oxygen atoms in total. The van der Waals surface area contributed by atoms with Gasteiger partial charge in [-0.25, -0.2) is 22.8 Å². The summed E-state index contributed by atoms with van der Waals surface area (Å²) in [4.78, 5) is 34.7. The van der Waals surface area contributed by atoms with E-state index in [1.54, 1.807) is 37.3 Å². The van der Waals surface area contributed by atoms with Crippen LogP contribution in [0.1, 0.15) is 34.5 Å². The number of hydrogen-bond acceptors (Lipinski definition) is 7. The third-order valence-electron chi connectivity index (χ3n) is 7.06. The molecule has 0 atom stereocenters. The van der Waals surface area contributed by atoms with Crippen molar-refractivity contribution in [3.63, 3.8) is 0 Å². The molecule has 43 heavy (non-hydrogen) atoms. The molecule has 0 unspecified atom stereocenters. The molecule has 6 rings (SSSR count). The number of nitrogen functional groups attached to an aromatic ring is 1. The highest BCUT2D eigenvalue weighted by Crippen LogP contribution is 2.37. The van der Waals surface area contributed by atoms with Crippen molar-refractivity contribution in [1.82, 2.24) is 19.7 Å². The molecule has 0 aliphatic carbocycles. The number of benzene rings is 2. The maximum absolute atomic E-state index is 14.0. The first-order chi connectivity index (χ1) is 20.7. The van der Waals surface area contributed by atoms with Gasteiger partial charge < -0.3 is 25.1 Å². The predicted octanol–water partition coefficient (Wildman–Crippen LogP) is 5.57. The van der Waals surface area contributed by atoms with Gasteiger partial charge in [0.05, 0.1) is 35.0 Å². The summed E-state index contributed by atoms with van der Waals surface area (Å²) < 4.78 is 52.1. The minimum absolute atomic E-state index is 0.0267. The fourth-order valence-electron chi connectivity index (χ4n) is 4.96. The van der Waals surface area contributed by atoms with Crippen LogP contribution >= 0.6 is 0 Å². The van der Waals surface area contributed by atoms with Crippen molar-refractivity contribution in [1.29, 1.82) is 0 Å². The van der Waals surface area contributed by atoms with E-state index < -0.39 is 24.6 Å². The normalized spacial score (nSPS) is 13.3. The van der Waals surface area contributed by atoms with E-state index in [1.807, 2.05) is 0 Å². The molecule has 0 bridgehead atoms. The van der Waals surface area contributed by atoms with Gasteiger partial charge in [0.1, 0.15) is 18.2 Å². The molecule has 5 aromatic rings. The van der Waals surface area contributed by atoms with E-state index in [0.717, 1.165) is 0 Å². The number of aryl methyl sites for hydroxylation is 1. The van der Waals surface area contributed by atoms with Crippen molar-refractivity contribution in [3.05, 3.63) is 83.6 Å².